The molecule has 132 valence electrons. The van der Waals surface area contributed by atoms with Gasteiger partial charge < -0.3 is 19.8 Å². The van der Waals surface area contributed by atoms with E-state index in [1.807, 2.05) is 42.6 Å². The monoisotopic (exact) mass is 358 g/mol. The molecule has 0 bridgehead atoms. The average Bonchev–Trinajstić information content (AvgIpc) is 3.29. The first-order valence-electron chi connectivity index (χ1n) is 8.39. The molecule has 2 N–H and O–H groups in total. The molecule has 1 aliphatic heterocycles. The van der Waals surface area contributed by atoms with Crippen LogP contribution in [-0.2, 0) is 11.3 Å². The quantitative estimate of drug-likeness (QED) is 0.532. The molecule has 27 heavy (non-hydrogen) atoms. The van der Waals surface area contributed by atoms with Crippen molar-refractivity contribution in [2.45, 2.75) is 6.61 Å². The number of rotatable bonds is 4. The highest BCUT2D eigenvalue weighted by Gasteiger charge is 2.21. The van der Waals surface area contributed by atoms with E-state index in [1.54, 1.807) is 12.1 Å². The number of aromatic amines is 1. The molecule has 0 amide bonds. The van der Waals surface area contributed by atoms with Crippen LogP contribution < -0.4 is 10.1 Å². The maximum Gasteiger partial charge on any atom is 0.338 e. The van der Waals surface area contributed by atoms with Crippen molar-refractivity contribution < 1.29 is 14.3 Å². The third-order valence-corrected chi connectivity index (χ3v) is 4.35. The number of ether oxygens (including phenoxy) is 2. The Morgan fingerprint density at radius 2 is 2.04 bits per heavy atom. The number of cyclic esters (lactones) is 1. The minimum absolute atomic E-state index is 0.305. The van der Waals surface area contributed by atoms with Crippen molar-refractivity contribution in [2.24, 2.45) is 0 Å². The van der Waals surface area contributed by atoms with Crippen LogP contribution >= 0.6 is 0 Å². The Morgan fingerprint density at radius 3 is 3.00 bits per heavy atom. The van der Waals surface area contributed by atoms with E-state index >= 15 is 0 Å². The van der Waals surface area contributed by atoms with Gasteiger partial charge >= 0.3 is 5.97 Å². The van der Waals surface area contributed by atoms with Crippen LogP contribution in [0.1, 0.15) is 15.9 Å². The number of carbonyl (C=O) groups is 1. The summed E-state index contributed by atoms with van der Waals surface area (Å²) in [4.78, 5) is 23.2. The summed E-state index contributed by atoms with van der Waals surface area (Å²) in [5.41, 5.74) is 3.25. The number of hydrogen-bond donors (Lipinski definition) is 2. The maximum atomic E-state index is 11.7. The summed E-state index contributed by atoms with van der Waals surface area (Å²) in [5, 5.41) is 4.22. The molecule has 0 saturated heterocycles. The van der Waals surface area contributed by atoms with Gasteiger partial charge in [0.1, 0.15) is 24.5 Å². The van der Waals surface area contributed by atoms with E-state index in [2.05, 4.69) is 20.3 Å². The minimum Gasteiger partial charge on any atom is -0.457 e. The molecule has 4 aromatic rings. The third-order valence-electron chi connectivity index (χ3n) is 4.35. The van der Waals surface area contributed by atoms with Gasteiger partial charge in [-0.05, 0) is 36.4 Å². The van der Waals surface area contributed by atoms with Crippen molar-refractivity contribution in [3.05, 3.63) is 72.2 Å². The number of nitrogens with zero attached hydrogens (tertiary/aromatic N) is 2. The molecule has 3 heterocycles. The standard InChI is InChI=1S/C20H14N4O3/c25-20-16-8-14(2-1-13(16)10-26-20)24-18-9-19(23-11-22-18)27-15-3-4-17-12(7-15)5-6-21-17/h1-9,11,21H,10H2,(H,22,23,24). The normalized spacial score (nSPS) is 12.7. The molecule has 0 fully saturated rings. The van der Waals surface area contributed by atoms with E-state index in [4.69, 9.17) is 9.47 Å². The van der Waals surface area contributed by atoms with Gasteiger partial charge in [-0.25, -0.2) is 14.8 Å². The van der Waals surface area contributed by atoms with E-state index in [0.29, 0.717) is 29.6 Å². The van der Waals surface area contributed by atoms with Gasteiger partial charge in [0.2, 0.25) is 5.88 Å². The van der Waals surface area contributed by atoms with Crippen LogP contribution in [0.15, 0.2) is 61.1 Å². The first-order chi connectivity index (χ1) is 13.2. The highest BCUT2D eigenvalue weighted by atomic mass is 16.5. The predicted molar refractivity (Wildman–Crippen MR) is 99.2 cm³/mol. The highest BCUT2D eigenvalue weighted by Crippen LogP contribution is 2.27. The van der Waals surface area contributed by atoms with Crippen LogP contribution in [0, 0.1) is 0 Å². The fourth-order valence-corrected chi connectivity index (χ4v) is 3.02. The van der Waals surface area contributed by atoms with Crippen molar-refractivity contribution in [2.75, 3.05) is 5.32 Å². The van der Waals surface area contributed by atoms with Gasteiger partial charge in [-0.3, -0.25) is 0 Å². The number of anilines is 2. The van der Waals surface area contributed by atoms with Gasteiger partial charge in [-0.1, -0.05) is 6.07 Å². The maximum absolute atomic E-state index is 11.7. The molecular weight excluding hydrogens is 344 g/mol. The third kappa shape index (κ3) is 2.95. The zero-order chi connectivity index (χ0) is 18.2. The zero-order valence-corrected chi connectivity index (χ0v) is 14.1. The van der Waals surface area contributed by atoms with Crippen LogP contribution in [0.4, 0.5) is 11.5 Å². The molecule has 0 aliphatic carbocycles. The van der Waals surface area contributed by atoms with Crippen molar-refractivity contribution in [1.82, 2.24) is 15.0 Å². The van der Waals surface area contributed by atoms with Gasteiger partial charge in [0, 0.05) is 34.4 Å². The largest absolute Gasteiger partial charge is 0.457 e. The zero-order valence-electron chi connectivity index (χ0n) is 14.1. The van der Waals surface area contributed by atoms with Crippen LogP contribution in [0.5, 0.6) is 11.6 Å². The van der Waals surface area contributed by atoms with Gasteiger partial charge in [0.15, 0.2) is 0 Å². The fourth-order valence-electron chi connectivity index (χ4n) is 3.02. The molecule has 0 atom stereocenters. The van der Waals surface area contributed by atoms with E-state index in [-0.39, 0.29) is 5.97 Å². The Bertz CT molecular complexity index is 1170. The van der Waals surface area contributed by atoms with Crippen molar-refractivity contribution in [3.63, 3.8) is 0 Å². The SMILES string of the molecule is O=C1OCc2ccc(Nc3cc(Oc4ccc5[nH]ccc5c4)ncn3)cc21. The van der Waals surface area contributed by atoms with Crippen LogP contribution in [0.2, 0.25) is 0 Å². The molecule has 5 rings (SSSR count). The van der Waals surface area contributed by atoms with E-state index in [0.717, 1.165) is 22.2 Å². The number of nitrogens with one attached hydrogen (secondary N) is 2. The summed E-state index contributed by atoms with van der Waals surface area (Å²) in [6.07, 6.45) is 3.31. The molecule has 0 radical (unpaired) electrons. The Hall–Kier alpha value is -3.87. The van der Waals surface area contributed by atoms with Crippen molar-refractivity contribution in [3.8, 4) is 11.6 Å². The molecule has 2 aromatic carbocycles. The lowest BCUT2D eigenvalue weighted by Crippen LogP contribution is -1.98. The molecule has 2 aromatic heterocycles. The van der Waals surface area contributed by atoms with Crippen LogP contribution in [0.3, 0.4) is 0 Å². The van der Waals surface area contributed by atoms with Crippen molar-refractivity contribution in [1.29, 1.82) is 0 Å². The van der Waals surface area contributed by atoms with Crippen LogP contribution in [-0.4, -0.2) is 20.9 Å². The average molecular weight is 358 g/mol. The van der Waals surface area contributed by atoms with E-state index < -0.39 is 0 Å². The molecule has 7 nitrogen and oxygen atoms in total. The second kappa shape index (κ2) is 6.14. The Morgan fingerprint density at radius 1 is 1.07 bits per heavy atom. The Labute approximate surface area is 154 Å². The highest BCUT2D eigenvalue weighted by molar-refractivity contribution is 5.94. The Balaban J connectivity index is 1.37. The number of esters is 1. The lowest BCUT2D eigenvalue weighted by atomic mass is 10.1. The second-order valence-electron chi connectivity index (χ2n) is 6.14. The molecule has 0 saturated carbocycles. The summed E-state index contributed by atoms with van der Waals surface area (Å²) >= 11 is 0. The van der Waals surface area contributed by atoms with Gasteiger partial charge in [0.25, 0.3) is 0 Å². The lowest BCUT2D eigenvalue weighted by molar-refractivity contribution is 0.0535. The summed E-state index contributed by atoms with van der Waals surface area (Å²) in [7, 11) is 0. The summed E-state index contributed by atoms with van der Waals surface area (Å²) in [6.45, 7) is 0.325. The van der Waals surface area contributed by atoms with E-state index in [1.165, 1.54) is 6.33 Å². The second-order valence-corrected chi connectivity index (χ2v) is 6.14. The van der Waals surface area contributed by atoms with E-state index in [9.17, 15) is 4.79 Å². The predicted octanol–water partition coefficient (Wildman–Crippen LogP) is 4.16. The lowest BCUT2D eigenvalue weighted by Gasteiger charge is -2.09. The summed E-state index contributed by atoms with van der Waals surface area (Å²) in [5.74, 6) is 1.37. The molecule has 0 unspecified atom stereocenters. The minimum atomic E-state index is -0.305. The fraction of sp³-hybridized carbons (Fsp3) is 0.0500. The summed E-state index contributed by atoms with van der Waals surface area (Å²) in [6, 6.07) is 15.0. The number of H-pyrrole nitrogens is 1. The van der Waals surface area contributed by atoms with Gasteiger partial charge in [0.05, 0.1) is 5.56 Å². The molecular formula is C20H14N4O3. The van der Waals surface area contributed by atoms with Crippen LogP contribution in [0.25, 0.3) is 10.9 Å². The Kier molecular flexibility index (Phi) is 3.50. The van der Waals surface area contributed by atoms with Crippen molar-refractivity contribution >= 4 is 28.4 Å². The number of benzene rings is 2. The van der Waals surface area contributed by atoms with Gasteiger partial charge in [-0.2, -0.15) is 0 Å². The van der Waals surface area contributed by atoms with Gasteiger partial charge in [-0.15, -0.1) is 0 Å². The first-order valence-corrected chi connectivity index (χ1v) is 8.39. The number of carbonyl (C=O) groups excluding carboxylic acids is 1. The summed E-state index contributed by atoms with van der Waals surface area (Å²) < 4.78 is 10.9. The number of hydrogen-bond acceptors (Lipinski definition) is 6. The molecule has 1 aliphatic rings. The first kappa shape index (κ1) is 15.4. The number of aromatic nitrogens is 3. The number of fused-ring (bicyclic) bond motifs is 2. The topological polar surface area (TPSA) is 89.1 Å². The molecule has 7 heteroatoms. The molecule has 0 spiro atoms. The smallest absolute Gasteiger partial charge is 0.338 e.